The number of benzene rings is 2. The Hall–Kier alpha value is -2.85. The Morgan fingerprint density at radius 1 is 1.12 bits per heavy atom. The number of aliphatic carboxylic acids is 1. The van der Waals surface area contributed by atoms with Crippen LogP contribution in [-0.4, -0.2) is 20.9 Å². The molecule has 0 saturated heterocycles. The zero-order chi connectivity index (χ0) is 17.8. The highest BCUT2D eigenvalue weighted by Crippen LogP contribution is 2.30. The summed E-state index contributed by atoms with van der Waals surface area (Å²) in [5.74, 6) is -0.976. The van der Waals surface area contributed by atoms with Crippen molar-refractivity contribution in [2.75, 3.05) is 0 Å². The summed E-state index contributed by atoms with van der Waals surface area (Å²) in [7, 11) is 0. The Morgan fingerprint density at radius 3 is 2.52 bits per heavy atom. The van der Waals surface area contributed by atoms with Gasteiger partial charge in [0.15, 0.2) is 0 Å². The van der Waals surface area contributed by atoms with Gasteiger partial charge in [-0.15, -0.1) is 0 Å². The normalized spacial score (nSPS) is 11.9. The molecule has 5 heteroatoms. The van der Waals surface area contributed by atoms with Gasteiger partial charge in [-0.05, 0) is 30.2 Å². The van der Waals surface area contributed by atoms with E-state index in [0.717, 1.165) is 11.3 Å². The fourth-order valence-electron chi connectivity index (χ4n) is 2.84. The highest BCUT2D eigenvalue weighted by molar-refractivity contribution is 6.30. The molecule has 3 aromatic rings. The minimum absolute atomic E-state index is 0.245. The summed E-state index contributed by atoms with van der Waals surface area (Å²) in [6.07, 6.45) is 2.18. The van der Waals surface area contributed by atoms with E-state index in [1.165, 1.54) is 0 Å². The summed E-state index contributed by atoms with van der Waals surface area (Å²) in [5.41, 5.74) is 3.20. The molecule has 0 atom stereocenters. The number of carboxylic acids is 1. The lowest BCUT2D eigenvalue weighted by Gasteiger charge is -2.15. The summed E-state index contributed by atoms with van der Waals surface area (Å²) >= 11 is 6.10. The van der Waals surface area contributed by atoms with Crippen LogP contribution in [0.4, 0.5) is 0 Å². The predicted octanol–water partition coefficient (Wildman–Crippen LogP) is 5.07. The molecule has 0 aliphatic heterocycles. The van der Waals surface area contributed by atoms with Crippen LogP contribution in [0.2, 0.25) is 5.02 Å². The van der Waals surface area contributed by atoms with Crippen molar-refractivity contribution in [1.82, 2.24) is 9.78 Å². The van der Waals surface area contributed by atoms with E-state index < -0.39 is 5.97 Å². The van der Waals surface area contributed by atoms with Gasteiger partial charge in [0.05, 0.1) is 23.2 Å². The maximum absolute atomic E-state index is 12.0. The molecule has 0 spiro atoms. The number of carboxylic acid groups (broad SMARTS) is 1. The first-order valence-corrected chi connectivity index (χ1v) is 8.31. The van der Waals surface area contributed by atoms with Crippen LogP contribution < -0.4 is 0 Å². The summed E-state index contributed by atoms with van der Waals surface area (Å²) in [5, 5.41) is 14.8. The van der Waals surface area contributed by atoms with Crippen molar-refractivity contribution in [1.29, 1.82) is 0 Å². The summed E-state index contributed by atoms with van der Waals surface area (Å²) in [6.45, 7) is 1.92. The summed E-state index contributed by atoms with van der Waals surface area (Å²) < 4.78 is 1.68. The Balaban J connectivity index is 2.22. The monoisotopic (exact) mass is 352 g/mol. The number of aromatic nitrogens is 2. The van der Waals surface area contributed by atoms with Crippen molar-refractivity contribution in [3.8, 4) is 11.3 Å². The van der Waals surface area contributed by atoms with Crippen molar-refractivity contribution >= 4 is 28.8 Å². The van der Waals surface area contributed by atoms with E-state index >= 15 is 0 Å². The van der Waals surface area contributed by atoms with E-state index in [2.05, 4.69) is 5.10 Å². The molecular weight excluding hydrogens is 336 g/mol. The van der Waals surface area contributed by atoms with Gasteiger partial charge >= 0.3 is 5.97 Å². The Labute approximate surface area is 151 Å². The third-order valence-electron chi connectivity index (χ3n) is 3.92. The summed E-state index contributed by atoms with van der Waals surface area (Å²) in [4.78, 5) is 12.0. The first-order valence-electron chi connectivity index (χ1n) is 7.94. The fourth-order valence-corrected chi connectivity index (χ4v) is 3.03. The van der Waals surface area contributed by atoms with Gasteiger partial charge in [0.2, 0.25) is 0 Å². The molecule has 0 fully saturated rings. The second-order valence-corrected chi connectivity index (χ2v) is 5.92. The zero-order valence-corrected chi connectivity index (χ0v) is 14.4. The molecule has 0 radical (unpaired) electrons. The molecule has 0 amide bonds. The lowest BCUT2D eigenvalue weighted by Crippen LogP contribution is -2.10. The number of carbonyl (C=O) groups is 1. The number of allylic oxidation sites excluding steroid dienone is 1. The lowest BCUT2D eigenvalue weighted by atomic mass is 10.0. The van der Waals surface area contributed by atoms with Gasteiger partial charge in [-0.1, -0.05) is 61.0 Å². The van der Waals surface area contributed by atoms with Gasteiger partial charge in [0, 0.05) is 10.6 Å². The Morgan fingerprint density at radius 2 is 1.88 bits per heavy atom. The van der Waals surface area contributed by atoms with Crippen LogP contribution in [0, 0.1) is 0 Å². The van der Waals surface area contributed by atoms with E-state index in [9.17, 15) is 9.90 Å². The maximum atomic E-state index is 12.0. The quantitative estimate of drug-likeness (QED) is 0.652. The number of rotatable bonds is 5. The Bertz CT molecular complexity index is 930. The number of halogens is 1. The second kappa shape index (κ2) is 7.36. The van der Waals surface area contributed by atoms with Crippen molar-refractivity contribution < 1.29 is 9.90 Å². The average molecular weight is 353 g/mol. The molecule has 1 heterocycles. The Kier molecular flexibility index (Phi) is 5.00. The van der Waals surface area contributed by atoms with Gasteiger partial charge in [-0.2, -0.15) is 5.10 Å². The molecule has 3 rings (SSSR count). The second-order valence-electron chi connectivity index (χ2n) is 5.49. The van der Waals surface area contributed by atoms with Crippen LogP contribution in [0.25, 0.3) is 22.5 Å². The predicted molar refractivity (Wildman–Crippen MR) is 100 cm³/mol. The lowest BCUT2D eigenvalue weighted by molar-refractivity contribution is -0.130. The molecule has 1 aromatic heterocycles. The molecular formula is C20H17ClN2O2. The van der Waals surface area contributed by atoms with E-state index in [4.69, 9.17) is 11.6 Å². The molecule has 25 heavy (non-hydrogen) atoms. The van der Waals surface area contributed by atoms with Crippen LogP contribution in [0.15, 0.2) is 66.9 Å². The van der Waals surface area contributed by atoms with E-state index in [0.29, 0.717) is 22.7 Å². The van der Waals surface area contributed by atoms with Crippen LogP contribution in [0.5, 0.6) is 0 Å². The van der Waals surface area contributed by atoms with Gasteiger partial charge in [0.25, 0.3) is 0 Å². The molecule has 0 saturated carbocycles. The molecule has 126 valence electrons. The maximum Gasteiger partial charge on any atom is 0.338 e. The van der Waals surface area contributed by atoms with E-state index in [1.807, 2.05) is 49.4 Å². The average Bonchev–Trinajstić information content (AvgIpc) is 3.09. The van der Waals surface area contributed by atoms with Crippen LogP contribution in [-0.2, 0) is 4.79 Å². The minimum atomic E-state index is -0.976. The number of hydrogen-bond donors (Lipinski definition) is 1. The molecule has 4 nitrogen and oxygen atoms in total. The first kappa shape index (κ1) is 17.0. The largest absolute Gasteiger partial charge is 0.478 e. The molecule has 0 aliphatic carbocycles. The number of nitrogens with zero attached hydrogens (tertiary/aromatic N) is 2. The van der Waals surface area contributed by atoms with E-state index in [-0.39, 0.29) is 5.57 Å². The standard InChI is InChI=1S/C20H17ClN2O2/c1-2-17(19(20(24)25)14-7-4-3-5-8-14)23-18(11-12-22-23)15-9-6-10-16(21)13-15/h3-13H,2H2,1H3,(H,24,25). The molecule has 1 N–H and O–H groups in total. The summed E-state index contributed by atoms with van der Waals surface area (Å²) in [6, 6.07) is 18.4. The van der Waals surface area contributed by atoms with Crippen LogP contribution >= 0.6 is 11.6 Å². The van der Waals surface area contributed by atoms with Gasteiger partial charge in [-0.25, -0.2) is 9.48 Å². The molecule has 0 unspecified atom stereocenters. The first-order chi connectivity index (χ1) is 12.1. The topological polar surface area (TPSA) is 55.1 Å². The fraction of sp³-hybridized carbons (Fsp3) is 0.100. The SMILES string of the molecule is CCC(=C(C(=O)O)c1ccccc1)n1nccc1-c1cccc(Cl)c1. The molecule has 2 aromatic carbocycles. The smallest absolute Gasteiger partial charge is 0.338 e. The third-order valence-corrected chi connectivity index (χ3v) is 4.15. The highest BCUT2D eigenvalue weighted by atomic mass is 35.5. The van der Waals surface area contributed by atoms with Crippen molar-refractivity contribution in [3.05, 3.63) is 77.4 Å². The number of hydrogen-bond acceptors (Lipinski definition) is 2. The zero-order valence-electron chi connectivity index (χ0n) is 13.7. The van der Waals surface area contributed by atoms with E-state index in [1.54, 1.807) is 29.1 Å². The minimum Gasteiger partial charge on any atom is -0.478 e. The van der Waals surface area contributed by atoms with Gasteiger partial charge in [0.1, 0.15) is 0 Å². The molecule has 0 bridgehead atoms. The van der Waals surface area contributed by atoms with Gasteiger partial charge in [-0.3, -0.25) is 0 Å². The van der Waals surface area contributed by atoms with Crippen molar-refractivity contribution in [2.45, 2.75) is 13.3 Å². The van der Waals surface area contributed by atoms with Gasteiger partial charge < -0.3 is 5.11 Å². The van der Waals surface area contributed by atoms with Crippen molar-refractivity contribution in [2.24, 2.45) is 0 Å². The van der Waals surface area contributed by atoms with Crippen LogP contribution in [0.3, 0.4) is 0 Å². The van der Waals surface area contributed by atoms with Crippen molar-refractivity contribution in [3.63, 3.8) is 0 Å². The third kappa shape index (κ3) is 3.49. The highest BCUT2D eigenvalue weighted by Gasteiger charge is 2.19. The molecule has 0 aliphatic rings. The van der Waals surface area contributed by atoms with Crippen LogP contribution in [0.1, 0.15) is 18.9 Å².